The van der Waals surface area contributed by atoms with Gasteiger partial charge in [0.25, 0.3) is 0 Å². The Morgan fingerprint density at radius 2 is 1.81 bits per heavy atom. The molecule has 1 aromatic rings. The predicted molar refractivity (Wildman–Crippen MR) is 100 cm³/mol. The second kappa shape index (κ2) is 10.4. The van der Waals surface area contributed by atoms with Gasteiger partial charge in [-0.05, 0) is 30.0 Å². The maximum atomic E-state index is 13.2. The first-order valence-electron chi connectivity index (χ1n) is 9.21. The third-order valence-corrected chi connectivity index (χ3v) is 4.61. The van der Waals surface area contributed by atoms with Crippen molar-refractivity contribution in [2.75, 3.05) is 46.4 Å². The molecular weight excluding hydrogens is 338 g/mol. The Bertz CT molecular complexity index is 569. The van der Waals surface area contributed by atoms with Crippen LogP contribution >= 0.6 is 0 Å². The van der Waals surface area contributed by atoms with E-state index in [0.29, 0.717) is 36.4 Å². The molecule has 1 aromatic carbocycles. The van der Waals surface area contributed by atoms with Gasteiger partial charge < -0.3 is 15.4 Å². The molecule has 1 aliphatic rings. The molecule has 1 aliphatic heterocycles. The summed E-state index contributed by atoms with van der Waals surface area (Å²) in [6.07, 6.45) is 0.520. The molecule has 0 spiro atoms. The van der Waals surface area contributed by atoms with Crippen LogP contribution in [0.15, 0.2) is 23.2 Å². The molecule has 0 saturated carbocycles. The average Bonchev–Trinajstić information content (AvgIpc) is 2.60. The third kappa shape index (κ3) is 6.53. The summed E-state index contributed by atoms with van der Waals surface area (Å²) in [5, 5.41) is 6.57. The SMILES string of the molecule is CN=C(NCCc1cc(F)cc(F)c1)NCC(C(C)C)N1CCOCC1. The van der Waals surface area contributed by atoms with E-state index in [2.05, 4.69) is 34.4 Å². The van der Waals surface area contributed by atoms with Crippen LogP contribution in [0.3, 0.4) is 0 Å². The molecule has 146 valence electrons. The molecule has 0 bridgehead atoms. The maximum absolute atomic E-state index is 13.2. The highest BCUT2D eigenvalue weighted by Crippen LogP contribution is 2.12. The van der Waals surface area contributed by atoms with Gasteiger partial charge in [0.2, 0.25) is 0 Å². The molecule has 1 fully saturated rings. The number of hydrogen-bond acceptors (Lipinski definition) is 3. The molecule has 7 heteroatoms. The van der Waals surface area contributed by atoms with Crippen molar-refractivity contribution in [2.45, 2.75) is 26.3 Å². The van der Waals surface area contributed by atoms with Gasteiger partial charge in [0.15, 0.2) is 5.96 Å². The van der Waals surface area contributed by atoms with E-state index in [-0.39, 0.29) is 0 Å². The molecule has 2 rings (SSSR count). The molecule has 5 nitrogen and oxygen atoms in total. The van der Waals surface area contributed by atoms with Gasteiger partial charge in [0, 0.05) is 45.3 Å². The molecule has 0 amide bonds. The Kier molecular flexibility index (Phi) is 8.25. The van der Waals surface area contributed by atoms with Crippen LogP contribution in [0.2, 0.25) is 0 Å². The first-order valence-corrected chi connectivity index (χ1v) is 9.21. The summed E-state index contributed by atoms with van der Waals surface area (Å²) in [5.41, 5.74) is 0.624. The highest BCUT2D eigenvalue weighted by atomic mass is 19.1. The molecule has 0 radical (unpaired) electrons. The first kappa shape index (κ1) is 20.6. The number of nitrogens with one attached hydrogen (secondary N) is 2. The first-order chi connectivity index (χ1) is 12.5. The van der Waals surface area contributed by atoms with Gasteiger partial charge in [-0.1, -0.05) is 13.8 Å². The van der Waals surface area contributed by atoms with Crippen LogP contribution in [0, 0.1) is 17.6 Å². The highest BCUT2D eigenvalue weighted by molar-refractivity contribution is 5.79. The monoisotopic (exact) mass is 368 g/mol. The topological polar surface area (TPSA) is 48.9 Å². The van der Waals surface area contributed by atoms with E-state index in [1.807, 2.05) is 0 Å². The number of benzene rings is 1. The number of halogens is 2. The van der Waals surface area contributed by atoms with Gasteiger partial charge in [-0.3, -0.25) is 9.89 Å². The average molecular weight is 368 g/mol. The molecule has 1 heterocycles. The normalized spacial score (nSPS) is 17.4. The number of morpholine rings is 1. The van der Waals surface area contributed by atoms with E-state index in [1.165, 1.54) is 12.1 Å². The molecule has 0 aliphatic carbocycles. The van der Waals surface area contributed by atoms with Crippen molar-refractivity contribution < 1.29 is 13.5 Å². The molecule has 2 N–H and O–H groups in total. The molecular formula is C19H30F2N4O. The highest BCUT2D eigenvalue weighted by Gasteiger charge is 2.23. The summed E-state index contributed by atoms with van der Waals surface area (Å²) in [4.78, 5) is 6.68. The summed E-state index contributed by atoms with van der Waals surface area (Å²) in [6, 6.07) is 3.99. The Hall–Kier alpha value is -1.73. The van der Waals surface area contributed by atoms with Gasteiger partial charge >= 0.3 is 0 Å². The van der Waals surface area contributed by atoms with Crippen LogP contribution in [0.25, 0.3) is 0 Å². The summed E-state index contributed by atoms with van der Waals surface area (Å²) < 4.78 is 31.9. The molecule has 26 heavy (non-hydrogen) atoms. The second-order valence-electron chi connectivity index (χ2n) is 6.87. The number of nitrogens with zero attached hydrogens (tertiary/aromatic N) is 2. The van der Waals surface area contributed by atoms with Crippen molar-refractivity contribution in [3.8, 4) is 0 Å². The minimum atomic E-state index is -0.548. The van der Waals surface area contributed by atoms with Crippen LogP contribution in [0.4, 0.5) is 8.78 Å². The molecule has 1 saturated heterocycles. The number of aliphatic imine (C=N–C) groups is 1. The van der Waals surface area contributed by atoms with E-state index in [9.17, 15) is 8.78 Å². The Balaban J connectivity index is 1.80. The van der Waals surface area contributed by atoms with Crippen LogP contribution in [-0.2, 0) is 11.2 Å². The van der Waals surface area contributed by atoms with Crippen LogP contribution in [-0.4, -0.2) is 63.3 Å². The maximum Gasteiger partial charge on any atom is 0.191 e. The quantitative estimate of drug-likeness (QED) is 0.571. The zero-order chi connectivity index (χ0) is 18.9. The lowest BCUT2D eigenvalue weighted by atomic mass is 10.0. The van der Waals surface area contributed by atoms with Gasteiger partial charge in [-0.25, -0.2) is 8.78 Å². The fraction of sp³-hybridized carbons (Fsp3) is 0.632. The lowest BCUT2D eigenvalue weighted by Gasteiger charge is -2.37. The largest absolute Gasteiger partial charge is 0.379 e. The Morgan fingerprint density at radius 1 is 1.15 bits per heavy atom. The summed E-state index contributed by atoms with van der Waals surface area (Å²) in [6.45, 7) is 9.22. The minimum absolute atomic E-state index is 0.398. The van der Waals surface area contributed by atoms with E-state index in [1.54, 1.807) is 7.05 Å². The zero-order valence-electron chi connectivity index (χ0n) is 15.9. The fourth-order valence-corrected chi connectivity index (χ4v) is 3.20. The van der Waals surface area contributed by atoms with Crippen molar-refractivity contribution >= 4 is 5.96 Å². The van der Waals surface area contributed by atoms with E-state index in [4.69, 9.17) is 4.74 Å². The van der Waals surface area contributed by atoms with Crippen molar-refractivity contribution in [2.24, 2.45) is 10.9 Å². The predicted octanol–water partition coefficient (Wildman–Crippen LogP) is 2.03. The molecule has 1 unspecified atom stereocenters. The second-order valence-corrected chi connectivity index (χ2v) is 6.87. The van der Waals surface area contributed by atoms with Crippen LogP contribution in [0.1, 0.15) is 19.4 Å². The van der Waals surface area contributed by atoms with Crippen molar-refractivity contribution in [3.63, 3.8) is 0 Å². The molecule has 0 aromatic heterocycles. The lowest BCUT2D eigenvalue weighted by molar-refractivity contribution is 0.00752. The summed E-state index contributed by atoms with van der Waals surface area (Å²) in [7, 11) is 1.72. The van der Waals surface area contributed by atoms with E-state index in [0.717, 1.165) is 38.9 Å². The van der Waals surface area contributed by atoms with Gasteiger partial charge in [-0.15, -0.1) is 0 Å². The smallest absolute Gasteiger partial charge is 0.191 e. The minimum Gasteiger partial charge on any atom is -0.379 e. The standard InChI is InChI=1S/C19H30F2N4O/c1-14(2)18(25-6-8-26-9-7-25)13-24-19(22-3)23-5-4-15-10-16(20)12-17(21)11-15/h10-12,14,18H,4-9,13H2,1-3H3,(H2,22,23,24). The van der Waals surface area contributed by atoms with E-state index >= 15 is 0 Å². The van der Waals surface area contributed by atoms with Crippen LogP contribution < -0.4 is 10.6 Å². The van der Waals surface area contributed by atoms with Crippen LogP contribution in [0.5, 0.6) is 0 Å². The van der Waals surface area contributed by atoms with Crippen molar-refractivity contribution in [1.82, 2.24) is 15.5 Å². The fourth-order valence-electron chi connectivity index (χ4n) is 3.20. The zero-order valence-corrected chi connectivity index (χ0v) is 15.9. The number of ether oxygens (including phenoxy) is 1. The van der Waals surface area contributed by atoms with Crippen molar-refractivity contribution in [3.05, 3.63) is 35.4 Å². The number of hydrogen-bond donors (Lipinski definition) is 2. The Labute approximate surface area is 154 Å². The van der Waals surface area contributed by atoms with Crippen molar-refractivity contribution in [1.29, 1.82) is 0 Å². The van der Waals surface area contributed by atoms with Gasteiger partial charge in [0.05, 0.1) is 13.2 Å². The Morgan fingerprint density at radius 3 is 2.38 bits per heavy atom. The van der Waals surface area contributed by atoms with Gasteiger partial charge in [0.1, 0.15) is 11.6 Å². The number of rotatable bonds is 7. The molecule has 1 atom stereocenters. The lowest BCUT2D eigenvalue weighted by Crippen LogP contribution is -2.52. The summed E-state index contributed by atoms with van der Waals surface area (Å²) in [5.74, 6) is 0.107. The number of guanidine groups is 1. The summed E-state index contributed by atoms with van der Waals surface area (Å²) >= 11 is 0. The van der Waals surface area contributed by atoms with E-state index < -0.39 is 11.6 Å². The third-order valence-electron chi connectivity index (χ3n) is 4.61. The van der Waals surface area contributed by atoms with Gasteiger partial charge in [-0.2, -0.15) is 0 Å².